The highest BCUT2D eigenvalue weighted by molar-refractivity contribution is 6.36. The van der Waals surface area contributed by atoms with Gasteiger partial charge in [-0.25, -0.2) is 9.97 Å². The summed E-state index contributed by atoms with van der Waals surface area (Å²) in [7, 11) is 1.81. The molecule has 6 aromatic rings. The van der Waals surface area contributed by atoms with Crippen molar-refractivity contribution < 1.29 is 0 Å². The first-order valence-electron chi connectivity index (χ1n) is 12.5. The fourth-order valence-electron chi connectivity index (χ4n) is 4.76. The number of para-hydroxylation sites is 1. The van der Waals surface area contributed by atoms with Gasteiger partial charge >= 0.3 is 0 Å². The van der Waals surface area contributed by atoms with Crippen LogP contribution in [0.4, 0.5) is 5.82 Å². The highest BCUT2D eigenvalue weighted by atomic mass is 35.5. The van der Waals surface area contributed by atoms with Crippen LogP contribution in [-0.2, 0) is 7.05 Å². The lowest BCUT2D eigenvalue weighted by Gasteiger charge is -2.23. The molecule has 6 rings (SSSR count). The molecule has 2 aromatic carbocycles. The summed E-state index contributed by atoms with van der Waals surface area (Å²) >= 11 is 7.11. The third kappa shape index (κ3) is 4.30. The Labute approximate surface area is 233 Å². The van der Waals surface area contributed by atoms with Crippen LogP contribution in [0, 0.1) is 11.8 Å². The summed E-state index contributed by atoms with van der Waals surface area (Å²) in [5.74, 6) is 6.57. The van der Waals surface area contributed by atoms with E-state index in [-0.39, 0.29) is 11.0 Å². The van der Waals surface area contributed by atoms with E-state index in [0.29, 0.717) is 55.3 Å². The number of aromatic amines is 1. The van der Waals surface area contributed by atoms with Crippen LogP contribution < -0.4 is 16.3 Å². The normalized spacial score (nSPS) is 11.8. The van der Waals surface area contributed by atoms with Gasteiger partial charge in [0.2, 0.25) is 0 Å². The Bertz CT molecular complexity index is 2080. The summed E-state index contributed by atoms with van der Waals surface area (Å²) in [5, 5.41) is 9.13. The quantitative estimate of drug-likeness (QED) is 0.313. The van der Waals surface area contributed by atoms with E-state index in [0.717, 1.165) is 0 Å². The number of H-pyrrole nitrogens is 1. The second-order valence-electron chi connectivity index (χ2n) is 9.15. The van der Waals surface area contributed by atoms with Gasteiger partial charge < -0.3 is 10.3 Å². The molecule has 0 aliphatic heterocycles. The van der Waals surface area contributed by atoms with Gasteiger partial charge in [-0.2, -0.15) is 5.10 Å². The maximum atomic E-state index is 14.3. The third-order valence-electron chi connectivity index (χ3n) is 6.66. The number of aromatic nitrogens is 6. The number of rotatable bonds is 4. The van der Waals surface area contributed by atoms with Crippen molar-refractivity contribution in [3.8, 4) is 17.5 Å². The van der Waals surface area contributed by atoms with Crippen molar-refractivity contribution in [1.82, 2.24) is 29.3 Å². The largest absolute Gasteiger partial charge is 0.361 e. The predicted octanol–water partition coefficient (Wildman–Crippen LogP) is 4.58. The number of aryl methyl sites for hydroxylation is 1. The highest BCUT2D eigenvalue weighted by Crippen LogP contribution is 2.34. The second kappa shape index (κ2) is 10.2. The van der Waals surface area contributed by atoms with Gasteiger partial charge in [0.15, 0.2) is 5.43 Å². The summed E-state index contributed by atoms with van der Waals surface area (Å²) in [5.41, 5.74) is 2.32. The average Bonchev–Trinajstić information content (AvgIpc) is 3.38. The van der Waals surface area contributed by atoms with Crippen molar-refractivity contribution in [3.05, 3.63) is 122 Å². The molecule has 40 heavy (non-hydrogen) atoms. The maximum Gasteiger partial charge on any atom is 0.264 e. The molecule has 10 heteroatoms. The molecule has 0 fully saturated rings. The van der Waals surface area contributed by atoms with E-state index in [2.05, 4.69) is 37.2 Å². The first-order valence-corrected chi connectivity index (χ1v) is 12.8. The monoisotopic (exact) mass is 547 g/mol. The number of halogens is 1. The smallest absolute Gasteiger partial charge is 0.264 e. The Morgan fingerprint density at radius 2 is 1.80 bits per heavy atom. The highest BCUT2D eigenvalue weighted by Gasteiger charge is 2.23. The summed E-state index contributed by atoms with van der Waals surface area (Å²) in [6.45, 7) is 1.86. The summed E-state index contributed by atoms with van der Waals surface area (Å²) in [4.78, 5) is 38.4. The molecule has 0 radical (unpaired) electrons. The molecule has 1 atom stereocenters. The Morgan fingerprint density at radius 3 is 2.58 bits per heavy atom. The molecule has 2 N–H and O–H groups in total. The molecule has 0 bridgehead atoms. The molecule has 9 nitrogen and oxygen atoms in total. The van der Waals surface area contributed by atoms with Crippen molar-refractivity contribution in [1.29, 1.82) is 0 Å². The zero-order chi connectivity index (χ0) is 27.8. The zero-order valence-electron chi connectivity index (χ0n) is 21.5. The van der Waals surface area contributed by atoms with Crippen molar-refractivity contribution >= 4 is 39.2 Å². The Morgan fingerprint density at radius 1 is 0.975 bits per heavy atom. The van der Waals surface area contributed by atoms with Crippen molar-refractivity contribution in [2.24, 2.45) is 7.05 Å². The summed E-state index contributed by atoms with van der Waals surface area (Å²) < 4.78 is 3.26. The molecule has 196 valence electrons. The van der Waals surface area contributed by atoms with Crippen LogP contribution in [0.5, 0.6) is 0 Å². The van der Waals surface area contributed by atoms with Gasteiger partial charge in [0.1, 0.15) is 28.9 Å². The number of nitrogens with zero attached hydrogens (tertiary/aromatic N) is 5. The lowest BCUT2D eigenvalue weighted by atomic mass is 10.0. The van der Waals surface area contributed by atoms with Crippen LogP contribution in [0.2, 0.25) is 5.02 Å². The molecule has 0 aliphatic carbocycles. The average molecular weight is 548 g/mol. The van der Waals surface area contributed by atoms with E-state index in [9.17, 15) is 9.59 Å². The molecule has 0 unspecified atom stereocenters. The Balaban J connectivity index is 1.58. The number of benzene rings is 2. The summed E-state index contributed by atoms with van der Waals surface area (Å²) in [6, 6.07) is 17.4. The SMILES string of the molecule is C[C@H](Nc1ncnc2[nH]ccc(=O)c12)c1c(Cl)c2cccc(C#Cc3ccnn3C)c2c(=O)n1-c1ccccc1. The summed E-state index contributed by atoms with van der Waals surface area (Å²) in [6.07, 6.45) is 4.57. The Hall–Kier alpha value is -5.20. The number of hydrogen-bond acceptors (Lipinski definition) is 6. The molecular formula is C30H22ClN7O2. The minimum atomic E-state index is -0.535. The number of hydrogen-bond donors (Lipinski definition) is 2. The molecule has 0 spiro atoms. The number of pyridine rings is 2. The number of anilines is 1. The van der Waals surface area contributed by atoms with Gasteiger partial charge in [0.05, 0.1) is 28.3 Å². The Kier molecular flexibility index (Phi) is 6.38. The molecule has 0 saturated carbocycles. The van der Waals surface area contributed by atoms with Crippen LogP contribution in [-0.4, -0.2) is 29.3 Å². The van der Waals surface area contributed by atoms with Gasteiger partial charge in [0.25, 0.3) is 5.56 Å². The van der Waals surface area contributed by atoms with Gasteiger partial charge in [-0.15, -0.1) is 0 Å². The maximum absolute atomic E-state index is 14.3. The topological polar surface area (TPSA) is 110 Å². The lowest BCUT2D eigenvalue weighted by Crippen LogP contribution is -2.27. The van der Waals surface area contributed by atoms with E-state index in [1.165, 1.54) is 18.6 Å². The fraction of sp³-hybridized carbons (Fsp3) is 0.100. The fourth-order valence-corrected chi connectivity index (χ4v) is 5.17. The number of nitrogens with one attached hydrogen (secondary N) is 2. The third-order valence-corrected chi connectivity index (χ3v) is 7.05. The molecule has 0 amide bonds. The van der Waals surface area contributed by atoms with Crippen LogP contribution in [0.15, 0.2) is 89.0 Å². The van der Waals surface area contributed by atoms with Gasteiger partial charge in [-0.05, 0) is 37.1 Å². The van der Waals surface area contributed by atoms with E-state index in [4.69, 9.17) is 11.6 Å². The second-order valence-corrected chi connectivity index (χ2v) is 9.53. The lowest BCUT2D eigenvalue weighted by molar-refractivity contribution is 0.757. The van der Waals surface area contributed by atoms with Crippen molar-refractivity contribution in [3.63, 3.8) is 0 Å². The number of fused-ring (bicyclic) bond motifs is 2. The van der Waals surface area contributed by atoms with Crippen molar-refractivity contribution in [2.75, 3.05) is 5.32 Å². The molecule has 4 heterocycles. The van der Waals surface area contributed by atoms with E-state index >= 15 is 0 Å². The first kappa shape index (κ1) is 25.1. The van der Waals surface area contributed by atoms with Crippen LogP contribution in [0.3, 0.4) is 0 Å². The molecular weight excluding hydrogens is 526 g/mol. The molecule has 0 saturated heterocycles. The van der Waals surface area contributed by atoms with E-state index in [1.807, 2.05) is 56.4 Å². The zero-order valence-corrected chi connectivity index (χ0v) is 22.3. The standard InChI is InChI=1S/C30H22ClN7O2/c1-18(36-29-25-23(39)14-15-32-28(25)33-17-34-29)27-26(31)22-10-6-7-19(11-12-20-13-16-35-37(20)2)24(22)30(40)38(27)21-8-4-3-5-9-21/h3-10,13-18H,1-2H3,(H2,32,33,34,36,39)/t18-/m0/s1. The molecule has 4 aromatic heterocycles. The van der Waals surface area contributed by atoms with E-state index < -0.39 is 6.04 Å². The van der Waals surface area contributed by atoms with Crippen LogP contribution in [0.1, 0.15) is 29.9 Å². The minimum absolute atomic E-state index is 0.231. The molecule has 0 aliphatic rings. The van der Waals surface area contributed by atoms with E-state index in [1.54, 1.807) is 27.6 Å². The predicted molar refractivity (Wildman–Crippen MR) is 156 cm³/mol. The van der Waals surface area contributed by atoms with Crippen molar-refractivity contribution in [2.45, 2.75) is 13.0 Å². The van der Waals surface area contributed by atoms with Gasteiger partial charge in [-0.1, -0.05) is 47.9 Å². The van der Waals surface area contributed by atoms with Crippen LogP contribution in [0.25, 0.3) is 27.5 Å². The van der Waals surface area contributed by atoms with Gasteiger partial charge in [0, 0.05) is 35.9 Å². The van der Waals surface area contributed by atoms with Gasteiger partial charge in [-0.3, -0.25) is 18.8 Å². The van der Waals surface area contributed by atoms with Crippen LogP contribution >= 0.6 is 11.6 Å². The minimum Gasteiger partial charge on any atom is -0.361 e. The first-order chi connectivity index (χ1) is 19.4.